The molecule has 0 aliphatic rings. The molecule has 7 nitrogen and oxygen atoms in total. The van der Waals surface area contributed by atoms with Crippen LogP contribution in [0, 0.1) is 6.92 Å². The van der Waals surface area contributed by atoms with Crippen LogP contribution in [0.1, 0.15) is 21.8 Å². The Morgan fingerprint density at radius 1 is 1.24 bits per heavy atom. The molecule has 7 heteroatoms. The lowest BCUT2D eigenvalue weighted by Crippen LogP contribution is -2.06. The van der Waals surface area contributed by atoms with Gasteiger partial charge in [0, 0.05) is 11.6 Å². The topological polar surface area (TPSA) is 94.7 Å². The lowest BCUT2D eigenvalue weighted by Gasteiger charge is -2.06. The van der Waals surface area contributed by atoms with Crippen molar-refractivity contribution in [3.8, 4) is 22.9 Å². The molecular formula is C18H16N2O5. The first-order chi connectivity index (χ1) is 12.1. The summed E-state index contributed by atoms with van der Waals surface area (Å²) in [6.45, 7) is 1.75. The number of ether oxygens (including phenoxy) is 2. The van der Waals surface area contributed by atoms with Crippen molar-refractivity contribution in [2.45, 2.75) is 13.5 Å². The lowest BCUT2D eigenvalue weighted by molar-refractivity contribution is 0.0426. The van der Waals surface area contributed by atoms with Crippen LogP contribution in [-0.4, -0.2) is 28.3 Å². The van der Waals surface area contributed by atoms with Gasteiger partial charge in [-0.2, -0.15) is 4.98 Å². The van der Waals surface area contributed by atoms with Crippen molar-refractivity contribution >= 4 is 5.97 Å². The largest absolute Gasteiger partial charge is 0.507 e. The number of rotatable bonds is 5. The standard InChI is InChI=1S/C18H16N2O5/c1-11-5-3-4-6-13(11)17-19-16(25-20-17)10-24-18(22)14-8-7-12(23-2)9-15(14)21/h3-9,21H,10H2,1-2H3. The maximum atomic E-state index is 12.1. The SMILES string of the molecule is COc1ccc(C(=O)OCc2nc(-c3ccccc3C)no2)c(O)c1. The average Bonchev–Trinajstić information content (AvgIpc) is 3.08. The highest BCUT2D eigenvalue weighted by Crippen LogP contribution is 2.24. The first kappa shape index (κ1) is 16.5. The molecule has 0 spiro atoms. The number of aromatic hydroxyl groups is 1. The summed E-state index contributed by atoms with van der Waals surface area (Å²) in [6, 6.07) is 11.9. The Balaban J connectivity index is 1.68. The van der Waals surface area contributed by atoms with Gasteiger partial charge in [-0.1, -0.05) is 29.4 Å². The number of phenolic OH excluding ortho intramolecular Hbond substituents is 1. The fraction of sp³-hybridized carbons (Fsp3) is 0.167. The molecule has 1 aromatic heterocycles. The fourth-order valence-electron chi connectivity index (χ4n) is 2.26. The zero-order chi connectivity index (χ0) is 17.8. The quantitative estimate of drug-likeness (QED) is 0.713. The third kappa shape index (κ3) is 3.60. The monoisotopic (exact) mass is 340 g/mol. The zero-order valence-corrected chi connectivity index (χ0v) is 13.7. The van der Waals surface area contributed by atoms with Gasteiger partial charge < -0.3 is 19.1 Å². The Morgan fingerprint density at radius 3 is 2.76 bits per heavy atom. The number of hydrogen-bond acceptors (Lipinski definition) is 7. The number of aromatic nitrogens is 2. The van der Waals surface area contributed by atoms with Gasteiger partial charge in [0.2, 0.25) is 5.82 Å². The number of hydrogen-bond donors (Lipinski definition) is 1. The summed E-state index contributed by atoms with van der Waals surface area (Å²) in [4.78, 5) is 16.3. The molecule has 0 aliphatic carbocycles. The summed E-state index contributed by atoms with van der Waals surface area (Å²) in [5.41, 5.74) is 1.88. The van der Waals surface area contributed by atoms with E-state index < -0.39 is 5.97 Å². The van der Waals surface area contributed by atoms with Gasteiger partial charge in [-0.3, -0.25) is 0 Å². The molecular weight excluding hydrogens is 324 g/mol. The molecule has 0 aliphatic heterocycles. The van der Waals surface area contributed by atoms with Crippen LogP contribution in [-0.2, 0) is 11.3 Å². The van der Waals surface area contributed by atoms with E-state index >= 15 is 0 Å². The fourth-order valence-corrected chi connectivity index (χ4v) is 2.26. The Kier molecular flexibility index (Phi) is 4.65. The number of carbonyl (C=O) groups is 1. The molecule has 3 aromatic rings. The Labute approximate surface area is 143 Å². The van der Waals surface area contributed by atoms with Crippen molar-refractivity contribution in [3.05, 3.63) is 59.5 Å². The third-order valence-electron chi connectivity index (χ3n) is 3.61. The molecule has 3 rings (SSSR count). The zero-order valence-electron chi connectivity index (χ0n) is 13.7. The van der Waals surface area contributed by atoms with E-state index in [-0.39, 0.29) is 23.8 Å². The van der Waals surface area contributed by atoms with Crippen molar-refractivity contribution in [3.63, 3.8) is 0 Å². The van der Waals surface area contributed by atoms with E-state index in [0.717, 1.165) is 11.1 Å². The molecule has 0 bridgehead atoms. The van der Waals surface area contributed by atoms with E-state index in [1.54, 1.807) is 6.07 Å². The molecule has 2 aromatic carbocycles. The van der Waals surface area contributed by atoms with E-state index in [9.17, 15) is 9.90 Å². The number of benzene rings is 2. The maximum Gasteiger partial charge on any atom is 0.342 e. The highest BCUT2D eigenvalue weighted by molar-refractivity contribution is 5.92. The predicted octanol–water partition coefficient (Wildman–Crippen LogP) is 3.12. The average molecular weight is 340 g/mol. The molecule has 0 radical (unpaired) electrons. The first-order valence-electron chi connectivity index (χ1n) is 7.51. The third-order valence-corrected chi connectivity index (χ3v) is 3.61. The van der Waals surface area contributed by atoms with Crippen LogP contribution in [0.15, 0.2) is 47.0 Å². The van der Waals surface area contributed by atoms with Gasteiger partial charge in [0.05, 0.1) is 7.11 Å². The number of aryl methyl sites for hydroxylation is 1. The second-order valence-corrected chi connectivity index (χ2v) is 5.29. The molecule has 128 valence electrons. The summed E-state index contributed by atoms with van der Waals surface area (Å²) in [7, 11) is 1.47. The minimum absolute atomic E-state index is 0.0273. The van der Waals surface area contributed by atoms with Crippen molar-refractivity contribution in [2.24, 2.45) is 0 Å². The van der Waals surface area contributed by atoms with Crippen LogP contribution in [0.25, 0.3) is 11.4 Å². The Morgan fingerprint density at radius 2 is 2.04 bits per heavy atom. The van der Waals surface area contributed by atoms with Crippen molar-refractivity contribution in [1.29, 1.82) is 0 Å². The molecule has 1 heterocycles. The van der Waals surface area contributed by atoms with Crippen LogP contribution < -0.4 is 4.74 Å². The number of methoxy groups -OCH3 is 1. The second kappa shape index (κ2) is 7.04. The number of esters is 1. The summed E-state index contributed by atoms with van der Waals surface area (Å²) in [6.07, 6.45) is 0. The van der Waals surface area contributed by atoms with Gasteiger partial charge in [-0.05, 0) is 24.6 Å². The van der Waals surface area contributed by atoms with Crippen LogP contribution in [0.4, 0.5) is 0 Å². The minimum Gasteiger partial charge on any atom is -0.507 e. The Hall–Kier alpha value is -3.35. The van der Waals surface area contributed by atoms with Crippen molar-refractivity contribution in [1.82, 2.24) is 10.1 Å². The predicted molar refractivity (Wildman–Crippen MR) is 88.2 cm³/mol. The van der Waals surface area contributed by atoms with Crippen LogP contribution in [0.3, 0.4) is 0 Å². The van der Waals surface area contributed by atoms with E-state index in [1.807, 2.05) is 31.2 Å². The van der Waals surface area contributed by atoms with Crippen LogP contribution >= 0.6 is 0 Å². The Bertz CT molecular complexity index is 904. The van der Waals surface area contributed by atoms with Crippen molar-refractivity contribution in [2.75, 3.05) is 7.11 Å². The van der Waals surface area contributed by atoms with Gasteiger partial charge in [-0.25, -0.2) is 4.79 Å². The van der Waals surface area contributed by atoms with E-state index in [0.29, 0.717) is 11.6 Å². The molecule has 0 atom stereocenters. The summed E-state index contributed by atoms with van der Waals surface area (Å²) in [5.74, 6) is 0.108. The molecule has 25 heavy (non-hydrogen) atoms. The smallest absolute Gasteiger partial charge is 0.342 e. The molecule has 1 N–H and O–H groups in total. The number of nitrogens with zero attached hydrogens (tertiary/aromatic N) is 2. The first-order valence-corrected chi connectivity index (χ1v) is 7.51. The van der Waals surface area contributed by atoms with Crippen LogP contribution in [0.5, 0.6) is 11.5 Å². The number of carbonyl (C=O) groups excluding carboxylic acids is 1. The molecule has 0 saturated heterocycles. The minimum atomic E-state index is -0.698. The van der Waals surface area contributed by atoms with Crippen LogP contribution in [0.2, 0.25) is 0 Å². The van der Waals surface area contributed by atoms with Gasteiger partial charge in [0.25, 0.3) is 5.89 Å². The number of phenols is 1. The highest BCUT2D eigenvalue weighted by atomic mass is 16.6. The normalized spacial score (nSPS) is 10.5. The second-order valence-electron chi connectivity index (χ2n) is 5.29. The summed E-state index contributed by atoms with van der Waals surface area (Å²) in [5, 5.41) is 13.7. The summed E-state index contributed by atoms with van der Waals surface area (Å²) < 4.78 is 15.2. The van der Waals surface area contributed by atoms with Gasteiger partial charge >= 0.3 is 5.97 Å². The highest BCUT2D eigenvalue weighted by Gasteiger charge is 2.16. The molecule has 0 unspecified atom stereocenters. The molecule has 0 saturated carbocycles. The van der Waals surface area contributed by atoms with Gasteiger partial charge in [0.1, 0.15) is 17.1 Å². The van der Waals surface area contributed by atoms with E-state index in [4.69, 9.17) is 14.0 Å². The summed E-state index contributed by atoms with van der Waals surface area (Å²) >= 11 is 0. The lowest BCUT2D eigenvalue weighted by atomic mass is 10.1. The van der Waals surface area contributed by atoms with Gasteiger partial charge in [-0.15, -0.1) is 0 Å². The van der Waals surface area contributed by atoms with E-state index in [1.165, 1.54) is 19.2 Å². The van der Waals surface area contributed by atoms with Gasteiger partial charge in [0.15, 0.2) is 6.61 Å². The maximum absolute atomic E-state index is 12.1. The molecule has 0 fully saturated rings. The van der Waals surface area contributed by atoms with Crippen molar-refractivity contribution < 1.29 is 23.9 Å². The van der Waals surface area contributed by atoms with E-state index in [2.05, 4.69) is 10.1 Å². The molecule has 0 amide bonds.